The second kappa shape index (κ2) is 13.8. The van der Waals surface area contributed by atoms with Gasteiger partial charge in [-0.25, -0.2) is 0 Å². The molecule has 1 aliphatic heterocycles. The standard InChI is InChI=1S/C21H34N4O2.2ClH/c1-15(2)20(22)21(27)24-14-19(26)23-13-18(17-7-5-4-6-8-17)25-11-9-16(3)10-12-25;;/h4-8,15-16,18,20H,9-14,22H2,1-3H3,(H,23,26)(H,24,27);2*1H/t18?,20-;;/m0../s1. The molecule has 29 heavy (non-hydrogen) atoms. The summed E-state index contributed by atoms with van der Waals surface area (Å²) in [7, 11) is 0. The van der Waals surface area contributed by atoms with Crippen LogP contribution in [0, 0.1) is 11.8 Å². The summed E-state index contributed by atoms with van der Waals surface area (Å²) in [6.07, 6.45) is 2.36. The maximum atomic E-state index is 12.2. The van der Waals surface area contributed by atoms with Crippen LogP contribution in [0.1, 0.15) is 45.2 Å². The zero-order valence-electron chi connectivity index (χ0n) is 17.6. The Morgan fingerprint density at radius 2 is 1.69 bits per heavy atom. The largest absolute Gasteiger partial charge is 0.353 e. The van der Waals surface area contributed by atoms with Gasteiger partial charge in [-0.1, -0.05) is 51.1 Å². The number of nitrogens with two attached hydrogens (primary N) is 1. The molecule has 1 aliphatic rings. The third kappa shape index (κ3) is 8.91. The van der Waals surface area contributed by atoms with Crippen LogP contribution in [-0.4, -0.2) is 48.9 Å². The van der Waals surface area contributed by atoms with Gasteiger partial charge < -0.3 is 16.4 Å². The average Bonchev–Trinajstić information content (AvgIpc) is 2.67. The number of nitrogens with one attached hydrogen (secondary N) is 2. The van der Waals surface area contributed by atoms with Gasteiger partial charge in [-0.2, -0.15) is 0 Å². The van der Waals surface area contributed by atoms with Crippen LogP contribution in [0.3, 0.4) is 0 Å². The summed E-state index contributed by atoms with van der Waals surface area (Å²) >= 11 is 0. The van der Waals surface area contributed by atoms with Crippen LogP contribution in [0.5, 0.6) is 0 Å². The minimum atomic E-state index is -0.592. The Hall–Kier alpha value is -1.34. The van der Waals surface area contributed by atoms with E-state index in [1.165, 1.54) is 18.4 Å². The van der Waals surface area contributed by atoms with E-state index in [1.807, 2.05) is 32.0 Å². The van der Waals surface area contributed by atoms with Crippen molar-refractivity contribution in [3.63, 3.8) is 0 Å². The minimum absolute atomic E-state index is 0. The van der Waals surface area contributed by atoms with Crippen LogP contribution in [0.4, 0.5) is 0 Å². The summed E-state index contributed by atoms with van der Waals surface area (Å²) in [5.74, 6) is 0.319. The summed E-state index contributed by atoms with van der Waals surface area (Å²) in [5.41, 5.74) is 7.01. The van der Waals surface area contributed by atoms with Gasteiger partial charge in [0.25, 0.3) is 0 Å². The molecule has 0 aliphatic carbocycles. The molecule has 4 N–H and O–H groups in total. The molecule has 1 saturated heterocycles. The molecule has 2 rings (SSSR count). The molecule has 2 atom stereocenters. The highest BCUT2D eigenvalue weighted by Crippen LogP contribution is 2.26. The lowest BCUT2D eigenvalue weighted by Gasteiger charge is -2.37. The Bertz CT molecular complexity index is 608. The molecule has 166 valence electrons. The van der Waals surface area contributed by atoms with E-state index in [0.717, 1.165) is 19.0 Å². The highest BCUT2D eigenvalue weighted by atomic mass is 35.5. The zero-order valence-corrected chi connectivity index (χ0v) is 19.2. The van der Waals surface area contributed by atoms with E-state index in [2.05, 4.69) is 34.6 Å². The molecule has 1 fully saturated rings. The van der Waals surface area contributed by atoms with Gasteiger partial charge in [0.15, 0.2) is 0 Å². The van der Waals surface area contributed by atoms with E-state index in [9.17, 15) is 9.59 Å². The number of nitrogens with zero attached hydrogens (tertiary/aromatic N) is 1. The van der Waals surface area contributed by atoms with Crippen LogP contribution < -0.4 is 16.4 Å². The number of piperidine rings is 1. The molecule has 1 aromatic carbocycles. The third-order valence-electron chi connectivity index (χ3n) is 5.38. The molecule has 1 aromatic rings. The summed E-state index contributed by atoms with van der Waals surface area (Å²) in [5, 5.41) is 5.60. The van der Waals surface area contributed by atoms with Crippen molar-refractivity contribution in [1.29, 1.82) is 0 Å². The van der Waals surface area contributed by atoms with Crippen molar-refractivity contribution in [2.24, 2.45) is 17.6 Å². The van der Waals surface area contributed by atoms with E-state index in [1.54, 1.807) is 0 Å². The molecule has 1 heterocycles. The lowest BCUT2D eigenvalue weighted by atomic mass is 9.95. The predicted octanol–water partition coefficient (Wildman–Crippen LogP) is 2.52. The van der Waals surface area contributed by atoms with Crippen LogP contribution in [0.15, 0.2) is 30.3 Å². The normalized spacial score (nSPS) is 16.9. The molecule has 0 spiro atoms. The predicted molar refractivity (Wildman–Crippen MR) is 122 cm³/mol. The first kappa shape index (κ1) is 27.7. The Balaban J connectivity index is 0.00000392. The van der Waals surface area contributed by atoms with E-state index in [0.29, 0.717) is 6.54 Å². The first-order valence-electron chi connectivity index (χ1n) is 9.97. The average molecular weight is 447 g/mol. The maximum Gasteiger partial charge on any atom is 0.239 e. The summed E-state index contributed by atoms with van der Waals surface area (Å²) in [4.78, 5) is 26.6. The number of halogens is 2. The molecule has 8 heteroatoms. The Morgan fingerprint density at radius 1 is 1.10 bits per heavy atom. The Labute approximate surface area is 187 Å². The molecule has 0 radical (unpaired) electrons. The van der Waals surface area contributed by atoms with Crippen molar-refractivity contribution in [3.8, 4) is 0 Å². The number of benzene rings is 1. The van der Waals surface area contributed by atoms with Crippen molar-refractivity contribution in [2.75, 3.05) is 26.2 Å². The smallest absolute Gasteiger partial charge is 0.239 e. The van der Waals surface area contributed by atoms with Crippen molar-refractivity contribution < 1.29 is 9.59 Å². The van der Waals surface area contributed by atoms with E-state index < -0.39 is 6.04 Å². The second-order valence-electron chi connectivity index (χ2n) is 7.94. The van der Waals surface area contributed by atoms with Crippen LogP contribution in [0.2, 0.25) is 0 Å². The van der Waals surface area contributed by atoms with E-state index in [-0.39, 0.29) is 55.1 Å². The van der Waals surface area contributed by atoms with Crippen LogP contribution in [-0.2, 0) is 9.59 Å². The summed E-state index contributed by atoms with van der Waals surface area (Å²) in [6.45, 7) is 8.62. The van der Waals surface area contributed by atoms with Crippen molar-refractivity contribution >= 4 is 36.6 Å². The number of amides is 2. The quantitative estimate of drug-likeness (QED) is 0.572. The van der Waals surface area contributed by atoms with Gasteiger partial charge in [-0.15, -0.1) is 24.8 Å². The van der Waals surface area contributed by atoms with Crippen molar-refractivity contribution in [2.45, 2.75) is 45.7 Å². The zero-order chi connectivity index (χ0) is 19.8. The highest BCUT2D eigenvalue weighted by molar-refractivity contribution is 5.87. The first-order chi connectivity index (χ1) is 12.9. The molecule has 0 aromatic heterocycles. The molecule has 1 unspecified atom stereocenters. The van der Waals surface area contributed by atoms with Crippen LogP contribution >= 0.6 is 24.8 Å². The van der Waals surface area contributed by atoms with E-state index in [4.69, 9.17) is 5.73 Å². The fraction of sp³-hybridized carbons (Fsp3) is 0.619. The van der Waals surface area contributed by atoms with Gasteiger partial charge in [0.05, 0.1) is 18.6 Å². The van der Waals surface area contributed by atoms with Crippen LogP contribution in [0.25, 0.3) is 0 Å². The molecule has 0 bridgehead atoms. The SMILES string of the molecule is CC1CCN(C(CNC(=O)CNC(=O)[C@@H](N)C(C)C)c2ccccc2)CC1.Cl.Cl. The van der Waals surface area contributed by atoms with Gasteiger partial charge in [-0.3, -0.25) is 14.5 Å². The lowest BCUT2D eigenvalue weighted by Crippen LogP contribution is -2.48. The van der Waals surface area contributed by atoms with Crippen molar-refractivity contribution in [3.05, 3.63) is 35.9 Å². The van der Waals surface area contributed by atoms with Gasteiger partial charge in [0, 0.05) is 6.54 Å². The summed E-state index contributed by atoms with van der Waals surface area (Å²) < 4.78 is 0. The summed E-state index contributed by atoms with van der Waals surface area (Å²) in [6, 6.07) is 9.84. The third-order valence-corrected chi connectivity index (χ3v) is 5.38. The van der Waals surface area contributed by atoms with Gasteiger partial charge >= 0.3 is 0 Å². The lowest BCUT2D eigenvalue weighted by molar-refractivity contribution is -0.127. The van der Waals surface area contributed by atoms with Crippen molar-refractivity contribution in [1.82, 2.24) is 15.5 Å². The monoisotopic (exact) mass is 446 g/mol. The maximum absolute atomic E-state index is 12.2. The number of likely N-dealkylation sites (tertiary alicyclic amines) is 1. The number of rotatable bonds is 8. The second-order valence-corrected chi connectivity index (χ2v) is 7.94. The Kier molecular flexibility index (Phi) is 13.2. The first-order valence-corrected chi connectivity index (χ1v) is 9.97. The number of carbonyl (C=O) groups is 2. The van der Waals surface area contributed by atoms with Gasteiger partial charge in [0.1, 0.15) is 0 Å². The minimum Gasteiger partial charge on any atom is -0.353 e. The van der Waals surface area contributed by atoms with E-state index >= 15 is 0 Å². The molecular weight excluding hydrogens is 411 g/mol. The highest BCUT2D eigenvalue weighted by Gasteiger charge is 2.25. The van der Waals surface area contributed by atoms with Gasteiger partial charge in [-0.05, 0) is 43.3 Å². The molecule has 0 saturated carbocycles. The number of hydrogen-bond donors (Lipinski definition) is 3. The molecule has 2 amide bonds. The fourth-order valence-electron chi connectivity index (χ4n) is 3.33. The topological polar surface area (TPSA) is 87.5 Å². The number of carbonyl (C=O) groups excluding carboxylic acids is 2. The molecular formula is C21H36Cl2N4O2. The fourth-order valence-corrected chi connectivity index (χ4v) is 3.33. The molecule has 6 nitrogen and oxygen atoms in total. The van der Waals surface area contributed by atoms with Gasteiger partial charge in [0.2, 0.25) is 11.8 Å². The number of hydrogen-bond acceptors (Lipinski definition) is 4. The Morgan fingerprint density at radius 3 is 2.24 bits per heavy atom.